The van der Waals surface area contributed by atoms with Gasteiger partial charge in [0.2, 0.25) is 6.33 Å². The molecule has 0 aromatic carbocycles. The van der Waals surface area contributed by atoms with Gasteiger partial charge in [0.25, 0.3) is 0 Å². The molecule has 0 unspecified atom stereocenters. The maximum absolute atomic E-state index is 9.94. The molecule has 0 saturated carbocycles. The molecule has 101 valence electrons. The van der Waals surface area contributed by atoms with Crippen LogP contribution < -0.4 is 5.73 Å². The first-order valence-corrected chi connectivity index (χ1v) is 5.62. The van der Waals surface area contributed by atoms with Gasteiger partial charge in [0, 0.05) is 0 Å². The lowest BCUT2D eigenvalue weighted by Gasteiger charge is -2.16. The molecule has 9 nitrogen and oxygen atoms in total. The number of aliphatic hydroxyl groups excluding tert-OH is 3. The number of hydrogen-bond acceptors (Lipinski definition) is 8. The lowest BCUT2D eigenvalue weighted by atomic mass is 10.1. The Labute approximate surface area is 107 Å². The Morgan fingerprint density at radius 1 is 1.37 bits per heavy atom. The molecule has 4 atom stereocenters. The van der Waals surface area contributed by atoms with Crippen LogP contribution in [0, 0.1) is 6.33 Å². The summed E-state index contributed by atoms with van der Waals surface area (Å²) in [7, 11) is 0. The molecule has 1 radical (unpaired) electrons. The minimum atomic E-state index is -1.20. The first-order valence-electron chi connectivity index (χ1n) is 5.62. The Bertz CT molecular complexity index is 603. The smallest absolute Gasteiger partial charge is 0.201 e. The minimum Gasteiger partial charge on any atom is -0.394 e. The summed E-state index contributed by atoms with van der Waals surface area (Å²) in [5, 5.41) is 28.7. The zero-order valence-corrected chi connectivity index (χ0v) is 9.71. The van der Waals surface area contributed by atoms with Crippen molar-refractivity contribution in [3.05, 3.63) is 12.7 Å². The summed E-state index contributed by atoms with van der Waals surface area (Å²) in [6, 6.07) is 0. The number of rotatable bonds is 2. The average molecular weight is 266 g/mol. The number of aromatic nitrogens is 4. The molecule has 5 N–H and O–H groups in total. The van der Waals surface area contributed by atoms with E-state index in [1.54, 1.807) is 0 Å². The van der Waals surface area contributed by atoms with Crippen molar-refractivity contribution in [3.63, 3.8) is 0 Å². The van der Waals surface area contributed by atoms with Crippen LogP contribution in [0.2, 0.25) is 0 Å². The predicted octanol–water partition coefficient (Wildman–Crippen LogP) is -2.18. The van der Waals surface area contributed by atoms with E-state index in [2.05, 4.69) is 21.3 Å². The van der Waals surface area contributed by atoms with E-state index in [9.17, 15) is 10.2 Å². The van der Waals surface area contributed by atoms with E-state index in [0.29, 0.717) is 11.2 Å². The normalized spacial score (nSPS) is 31.1. The number of hydrogen-bond donors (Lipinski definition) is 4. The summed E-state index contributed by atoms with van der Waals surface area (Å²) in [5.41, 5.74) is 6.33. The summed E-state index contributed by atoms with van der Waals surface area (Å²) in [6.07, 6.45) is -0.402. The second-order valence-electron chi connectivity index (χ2n) is 4.26. The maximum Gasteiger partial charge on any atom is 0.201 e. The molecule has 1 aliphatic rings. The van der Waals surface area contributed by atoms with Gasteiger partial charge >= 0.3 is 0 Å². The number of imidazole rings is 1. The molecule has 2 aromatic heterocycles. The third-order valence-corrected chi connectivity index (χ3v) is 3.13. The van der Waals surface area contributed by atoms with Crippen molar-refractivity contribution in [1.29, 1.82) is 0 Å². The largest absolute Gasteiger partial charge is 0.394 e. The van der Waals surface area contributed by atoms with E-state index >= 15 is 0 Å². The van der Waals surface area contributed by atoms with Crippen LogP contribution >= 0.6 is 0 Å². The van der Waals surface area contributed by atoms with Crippen LogP contribution in [-0.2, 0) is 4.74 Å². The first-order chi connectivity index (χ1) is 9.13. The van der Waals surface area contributed by atoms with Crippen LogP contribution in [-0.4, -0.2) is 59.8 Å². The fraction of sp³-hybridized carbons (Fsp3) is 0.500. The topological polar surface area (TPSA) is 140 Å². The van der Waals surface area contributed by atoms with Gasteiger partial charge in [0.05, 0.1) is 12.9 Å². The molecule has 2 aromatic rings. The molecule has 1 saturated heterocycles. The van der Waals surface area contributed by atoms with Gasteiger partial charge < -0.3 is 25.8 Å². The number of nitrogens with two attached hydrogens (primary N) is 1. The van der Waals surface area contributed by atoms with Gasteiger partial charge in [-0.25, -0.2) is 15.0 Å². The SMILES string of the molecule is Nc1n[c]nc2c1ncn2[C@@H]1O[C@H](CO)[C@@H](O)[C@H]1O. The Kier molecular flexibility index (Phi) is 2.82. The Morgan fingerprint density at radius 3 is 2.84 bits per heavy atom. The monoisotopic (exact) mass is 266 g/mol. The molecule has 1 aliphatic heterocycles. The summed E-state index contributed by atoms with van der Waals surface area (Å²) >= 11 is 0. The van der Waals surface area contributed by atoms with Crippen LogP contribution in [0.3, 0.4) is 0 Å². The van der Waals surface area contributed by atoms with Crippen LogP contribution in [0.5, 0.6) is 0 Å². The molecule has 3 rings (SSSR count). The summed E-state index contributed by atoms with van der Waals surface area (Å²) in [5.74, 6) is 0.162. The second-order valence-corrected chi connectivity index (χ2v) is 4.26. The molecule has 0 aliphatic carbocycles. The van der Waals surface area contributed by atoms with E-state index < -0.39 is 31.1 Å². The third kappa shape index (κ3) is 1.75. The fourth-order valence-corrected chi connectivity index (χ4v) is 2.12. The minimum absolute atomic E-state index is 0.162. The number of aliphatic hydroxyl groups is 3. The highest BCUT2D eigenvalue weighted by Gasteiger charge is 2.43. The van der Waals surface area contributed by atoms with Crippen molar-refractivity contribution in [2.45, 2.75) is 24.5 Å². The Hall–Kier alpha value is -1.81. The molecular weight excluding hydrogens is 254 g/mol. The van der Waals surface area contributed by atoms with E-state index in [-0.39, 0.29) is 5.82 Å². The Morgan fingerprint density at radius 2 is 2.16 bits per heavy atom. The van der Waals surface area contributed by atoms with Crippen LogP contribution in [0.25, 0.3) is 11.2 Å². The van der Waals surface area contributed by atoms with Crippen molar-refractivity contribution >= 4 is 17.0 Å². The molecule has 19 heavy (non-hydrogen) atoms. The third-order valence-electron chi connectivity index (χ3n) is 3.13. The van der Waals surface area contributed by atoms with Gasteiger partial charge in [0.1, 0.15) is 23.8 Å². The quantitative estimate of drug-likeness (QED) is 0.481. The van der Waals surface area contributed by atoms with Gasteiger partial charge in [0.15, 0.2) is 17.7 Å². The molecule has 9 heteroatoms. The number of anilines is 1. The second kappa shape index (κ2) is 4.38. The van der Waals surface area contributed by atoms with Gasteiger partial charge in [-0.15, -0.1) is 0 Å². The van der Waals surface area contributed by atoms with E-state index in [1.807, 2.05) is 0 Å². The molecular formula is C10H12N5O4. The highest BCUT2D eigenvalue weighted by molar-refractivity contribution is 5.81. The molecule has 3 heterocycles. The zero-order chi connectivity index (χ0) is 13.6. The zero-order valence-electron chi connectivity index (χ0n) is 9.71. The number of nitrogen functional groups attached to an aromatic ring is 1. The van der Waals surface area contributed by atoms with Crippen LogP contribution in [0.4, 0.5) is 5.82 Å². The number of fused-ring (bicyclic) bond motifs is 1. The van der Waals surface area contributed by atoms with E-state index in [1.165, 1.54) is 10.9 Å². The predicted molar refractivity (Wildman–Crippen MR) is 61.6 cm³/mol. The summed E-state index contributed by atoms with van der Waals surface area (Å²) in [6.45, 7) is -0.398. The number of nitrogens with zero attached hydrogens (tertiary/aromatic N) is 4. The summed E-state index contributed by atoms with van der Waals surface area (Å²) < 4.78 is 6.81. The standard InChI is InChI=1S/C10H12N5O4/c11-8-5-9(13-2-12-8)15(3-14-5)10-7(18)6(17)4(1-16)19-10/h3-4,6-7,10,16-18H,1H2,(H2,11,12,13)/t4-,6-,7-,10-/m1/s1. The van der Waals surface area contributed by atoms with Crippen molar-refractivity contribution in [2.24, 2.45) is 0 Å². The first kappa shape index (κ1) is 12.2. The highest BCUT2D eigenvalue weighted by atomic mass is 16.6. The lowest BCUT2D eigenvalue weighted by Crippen LogP contribution is -2.33. The Balaban J connectivity index is 2.04. The molecule has 0 amide bonds. The molecule has 0 bridgehead atoms. The van der Waals surface area contributed by atoms with E-state index in [4.69, 9.17) is 15.6 Å². The van der Waals surface area contributed by atoms with Crippen molar-refractivity contribution in [3.8, 4) is 0 Å². The highest BCUT2D eigenvalue weighted by Crippen LogP contribution is 2.31. The lowest BCUT2D eigenvalue weighted by molar-refractivity contribution is -0.0511. The summed E-state index contributed by atoms with van der Waals surface area (Å²) in [4.78, 5) is 11.6. The van der Waals surface area contributed by atoms with Crippen molar-refractivity contribution < 1.29 is 20.1 Å². The van der Waals surface area contributed by atoms with Gasteiger partial charge in [-0.1, -0.05) is 0 Å². The van der Waals surface area contributed by atoms with E-state index in [0.717, 1.165) is 0 Å². The molecule has 0 spiro atoms. The molecule has 1 fully saturated rings. The fourth-order valence-electron chi connectivity index (χ4n) is 2.12. The van der Waals surface area contributed by atoms with Crippen molar-refractivity contribution in [2.75, 3.05) is 12.3 Å². The number of ether oxygens (including phenoxy) is 1. The van der Waals surface area contributed by atoms with Gasteiger partial charge in [-0.3, -0.25) is 4.57 Å². The van der Waals surface area contributed by atoms with Crippen LogP contribution in [0.1, 0.15) is 6.23 Å². The van der Waals surface area contributed by atoms with Crippen molar-refractivity contribution in [1.82, 2.24) is 19.5 Å². The van der Waals surface area contributed by atoms with Gasteiger partial charge in [-0.2, -0.15) is 0 Å². The maximum atomic E-state index is 9.94. The van der Waals surface area contributed by atoms with Gasteiger partial charge in [-0.05, 0) is 0 Å². The van der Waals surface area contributed by atoms with Crippen LogP contribution in [0.15, 0.2) is 6.33 Å². The average Bonchev–Trinajstić information content (AvgIpc) is 2.94.